The summed E-state index contributed by atoms with van der Waals surface area (Å²) in [6.07, 6.45) is 8.61. The maximum atomic E-state index is 13.9. The smallest absolute Gasteiger partial charge is 0.407 e. The molecular formula is C44H54N6O3. The number of amides is 2. The predicted octanol–water partition coefficient (Wildman–Crippen LogP) is 8.17. The van der Waals surface area contributed by atoms with Crippen molar-refractivity contribution in [3.05, 3.63) is 76.9 Å². The number of amidine groups is 2. The van der Waals surface area contributed by atoms with Crippen molar-refractivity contribution in [3.8, 4) is 22.3 Å². The first kappa shape index (κ1) is 35.4. The normalized spacial score (nSPS) is 22.8. The minimum atomic E-state index is -0.673. The molecule has 2 fully saturated rings. The Balaban J connectivity index is 1.11. The van der Waals surface area contributed by atoms with Crippen LogP contribution in [-0.2, 0) is 27.9 Å². The van der Waals surface area contributed by atoms with E-state index < -0.39 is 17.7 Å². The van der Waals surface area contributed by atoms with Gasteiger partial charge in [-0.15, -0.1) is 0 Å². The van der Waals surface area contributed by atoms with Gasteiger partial charge in [0, 0.05) is 17.8 Å². The number of nitrogens with zero attached hydrogens (tertiary/aromatic N) is 3. The molecule has 1 saturated carbocycles. The largest absolute Gasteiger partial charge is 0.453 e. The number of aliphatic imine (C=N–C) groups is 2. The fraction of sp³-hybridized carbons (Fsp3) is 0.500. The van der Waals surface area contributed by atoms with Gasteiger partial charge in [0.05, 0.1) is 37.1 Å². The van der Waals surface area contributed by atoms with Crippen molar-refractivity contribution in [1.82, 2.24) is 15.5 Å². The number of likely N-dealkylation sites (tertiary alicyclic amines) is 1. The molecule has 2 aliphatic carbocycles. The summed E-state index contributed by atoms with van der Waals surface area (Å²) >= 11 is 0. The highest BCUT2D eigenvalue weighted by atomic mass is 16.5. The average molecular weight is 715 g/mol. The second-order valence-electron chi connectivity index (χ2n) is 16.9. The minimum absolute atomic E-state index is 0.0895. The molecule has 2 amide bonds. The molecule has 0 radical (unpaired) electrons. The molecule has 53 heavy (non-hydrogen) atoms. The monoisotopic (exact) mass is 714 g/mol. The number of alkyl carbamates (subject to hydrolysis) is 1. The summed E-state index contributed by atoms with van der Waals surface area (Å²) in [5.74, 6) is 1.64. The lowest BCUT2D eigenvalue weighted by atomic mass is 9.82. The summed E-state index contributed by atoms with van der Waals surface area (Å²) in [5, 5.41) is 10.00. The Morgan fingerprint density at radius 1 is 0.943 bits per heavy atom. The van der Waals surface area contributed by atoms with Crippen LogP contribution in [-0.4, -0.2) is 60.9 Å². The van der Waals surface area contributed by atoms with Gasteiger partial charge in [-0.3, -0.25) is 14.8 Å². The molecule has 3 heterocycles. The van der Waals surface area contributed by atoms with Crippen molar-refractivity contribution in [2.45, 2.75) is 110 Å². The third kappa shape index (κ3) is 6.50. The number of carbonyl (C=O) groups excluding carboxylic acids is 2. The van der Waals surface area contributed by atoms with Crippen LogP contribution < -0.4 is 16.0 Å². The van der Waals surface area contributed by atoms with Gasteiger partial charge in [-0.25, -0.2) is 4.79 Å². The quantitative estimate of drug-likeness (QED) is 0.229. The summed E-state index contributed by atoms with van der Waals surface area (Å²) in [6.45, 7) is 11.6. The summed E-state index contributed by atoms with van der Waals surface area (Å²) in [6, 6.07) is 20.1. The molecule has 0 bridgehead atoms. The van der Waals surface area contributed by atoms with E-state index in [1.165, 1.54) is 71.7 Å². The molecule has 3 N–H and O–H groups in total. The minimum Gasteiger partial charge on any atom is -0.453 e. The molecule has 278 valence electrons. The molecule has 9 heteroatoms. The number of methoxy groups -OCH3 is 1. The Morgan fingerprint density at radius 2 is 1.62 bits per heavy atom. The summed E-state index contributed by atoms with van der Waals surface area (Å²) in [4.78, 5) is 37.8. The number of hydrogen-bond donors (Lipinski definition) is 3. The highest BCUT2D eigenvalue weighted by Crippen LogP contribution is 2.53. The number of ether oxygens (including phenoxy) is 1. The van der Waals surface area contributed by atoms with E-state index in [0.29, 0.717) is 12.0 Å². The Labute approximate surface area is 314 Å². The predicted molar refractivity (Wildman–Crippen MR) is 212 cm³/mol. The third-order valence-corrected chi connectivity index (χ3v) is 12.6. The Kier molecular flexibility index (Phi) is 9.10. The lowest BCUT2D eigenvalue weighted by molar-refractivity contribution is -0.134. The third-order valence-electron chi connectivity index (χ3n) is 12.6. The molecule has 3 aromatic rings. The second kappa shape index (κ2) is 13.6. The molecule has 9 nitrogen and oxygen atoms in total. The maximum absolute atomic E-state index is 13.9. The molecular weight excluding hydrogens is 661 g/mol. The number of carbonyl (C=O) groups is 2. The summed E-state index contributed by atoms with van der Waals surface area (Å²) in [5.41, 5.74) is 11.6. The van der Waals surface area contributed by atoms with Gasteiger partial charge in [-0.1, -0.05) is 75.2 Å². The van der Waals surface area contributed by atoms with Crippen LogP contribution in [0.4, 0.5) is 10.5 Å². The van der Waals surface area contributed by atoms with Crippen LogP contribution in [0.15, 0.2) is 64.6 Å². The first-order chi connectivity index (χ1) is 25.4. The van der Waals surface area contributed by atoms with Crippen LogP contribution in [0.1, 0.15) is 101 Å². The van der Waals surface area contributed by atoms with Gasteiger partial charge in [-0.2, -0.15) is 0 Å². The zero-order valence-corrected chi connectivity index (χ0v) is 32.1. The van der Waals surface area contributed by atoms with Crippen LogP contribution in [0, 0.1) is 11.3 Å². The Hall–Kier alpha value is -4.66. The first-order valence-electron chi connectivity index (χ1n) is 19.6. The van der Waals surface area contributed by atoms with Gasteiger partial charge in [0.1, 0.15) is 11.9 Å². The van der Waals surface area contributed by atoms with Gasteiger partial charge in [0.2, 0.25) is 5.91 Å². The molecule has 1 spiro atoms. The molecule has 1 unspecified atom stereocenters. The fourth-order valence-corrected chi connectivity index (χ4v) is 9.81. The van der Waals surface area contributed by atoms with Crippen molar-refractivity contribution >= 4 is 29.4 Å². The highest BCUT2D eigenvalue weighted by molar-refractivity contribution is 6.05. The number of benzene rings is 3. The van der Waals surface area contributed by atoms with Gasteiger partial charge < -0.3 is 25.6 Å². The van der Waals surface area contributed by atoms with E-state index in [0.717, 1.165) is 55.2 Å². The average Bonchev–Trinajstić information content (AvgIpc) is 3.97. The summed E-state index contributed by atoms with van der Waals surface area (Å²) in [7, 11) is 1.32. The van der Waals surface area contributed by atoms with Gasteiger partial charge >= 0.3 is 6.09 Å². The zero-order valence-electron chi connectivity index (χ0n) is 32.1. The molecule has 3 aromatic carbocycles. The fourth-order valence-electron chi connectivity index (χ4n) is 9.81. The van der Waals surface area contributed by atoms with Crippen LogP contribution in [0.25, 0.3) is 22.3 Å². The standard InChI is InChI=1S/C44H54N6O3/c1-26(2)39(48-42(52)53-6)41(51)50-21-9-10-38(50)40-47-36-22-30(15-18-35(36)43(4,5)49-40)32-17-16-31(33-23-44(24-34(32)33)19-7-8-20-44)28-11-13-29(14-12-28)37-25-45-27(3)46-37/h11-18,22,26,37-39H,7-10,19-21,23-25H2,1-6H3,(H,45,46)(H,47,49)(H,48,52)/t37?,38-,39-/m0/s1. The van der Waals surface area contributed by atoms with Gasteiger partial charge in [-0.05, 0) is 116 Å². The molecule has 3 atom stereocenters. The van der Waals surface area contributed by atoms with E-state index >= 15 is 0 Å². The lowest BCUT2D eigenvalue weighted by Crippen LogP contribution is -2.55. The van der Waals surface area contributed by atoms with E-state index in [9.17, 15) is 9.59 Å². The lowest BCUT2D eigenvalue weighted by Gasteiger charge is -2.37. The summed E-state index contributed by atoms with van der Waals surface area (Å²) < 4.78 is 4.85. The van der Waals surface area contributed by atoms with Gasteiger partial charge in [0.25, 0.3) is 0 Å². The van der Waals surface area contributed by atoms with Crippen molar-refractivity contribution in [2.24, 2.45) is 21.3 Å². The topological polar surface area (TPSA) is 107 Å². The molecule has 0 aromatic heterocycles. The molecule has 8 rings (SSSR count). The maximum Gasteiger partial charge on any atom is 0.407 e. The number of hydrogen-bond acceptors (Lipinski definition) is 7. The van der Waals surface area contributed by atoms with Crippen LogP contribution >= 0.6 is 0 Å². The SMILES string of the molecule is COC(=O)N[C@H](C(=O)N1CCC[C@H]1C1=NC(C)(C)c2ccc(-c3ccc(-c4ccc(C5CN=C(C)N5)cc4)c4c3CC3(CCCC3)C4)cc2N1)C(C)C. The Morgan fingerprint density at radius 3 is 2.26 bits per heavy atom. The molecule has 5 aliphatic rings. The van der Waals surface area contributed by atoms with E-state index in [1.807, 2.05) is 25.7 Å². The second-order valence-corrected chi connectivity index (χ2v) is 16.9. The van der Waals surface area contributed by atoms with Crippen LogP contribution in [0.2, 0.25) is 0 Å². The van der Waals surface area contributed by atoms with Gasteiger partial charge in [0.15, 0.2) is 0 Å². The van der Waals surface area contributed by atoms with Crippen molar-refractivity contribution in [1.29, 1.82) is 0 Å². The highest BCUT2D eigenvalue weighted by Gasteiger charge is 2.43. The number of anilines is 1. The van der Waals surface area contributed by atoms with Crippen molar-refractivity contribution in [2.75, 3.05) is 25.5 Å². The van der Waals surface area contributed by atoms with E-state index in [1.54, 1.807) is 0 Å². The van der Waals surface area contributed by atoms with E-state index in [2.05, 4.69) is 89.4 Å². The molecule has 3 aliphatic heterocycles. The van der Waals surface area contributed by atoms with E-state index in [4.69, 9.17) is 9.73 Å². The van der Waals surface area contributed by atoms with Crippen molar-refractivity contribution < 1.29 is 14.3 Å². The Bertz CT molecular complexity index is 1990. The van der Waals surface area contributed by atoms with Crippen LogP contribution in [0.3, 0.4) is 0 Å². The van der Waals surface area contributed by atoms with E-state index in [-0.39, 0.29) is 23.9 Å². The van der Waals surface area contributed by atoms with Crippen molar-refractivity contribution in [3.63, 3.8) is 0 Å². The van der Waals surface area contributed by atoms with Crippen LogP contribution in [0.5, 0.6) is 0 Å². The number of fused-ring (bicyclic) bond motifs is 2. The first-order valence-corrected chi connectivity index (χ1v) is 19.6. The zero-order chi connectivity index (χ0) is 37.1. The molecule has 1 saturated heterocycles. The number of nitrogens with one attached hydrogen (secondary N) is 3. The number of rotatable bonds is 7.